The van der Waals surface area contributed by atoms with Crippen molar-refractivity contribution in [2.45, 2.75) is 18.9 Å². The lowest BCUT2D eigenvalue weighted by atomic mass is 10.1. The van der Waals surface area contributed by atoms with Gasteiger partial charge in [-0.15, -0.1) is 0 Å². The van der Waals surface area contributed by atoms with Crippen LogP contribution in [0.25, 0.3) is 0 Å². The Bertz CT molecular complexity index is 348. The van der Waals surface area contributed by atoms with Crippen LogP contribution in [0, 0.1) is 0 Å². The topological polar surface area (TPSA) is 64.3 Å². The molecule has 1 fully saturated rings. The number of nitrogens with one attached hydrogen (secondary N) is 1. The normalized spacial score (nSPS) is 20.8. The molecular formula is C11H14N2O2. The minimum absolute atomic E-state index is 0.0117. The Labute approximate surface area is 88.4 Å². The van der Waals surface area contributed by atoms with Gasteiger partial charge in [-0.2, -0.15) is 0 Å². The molecule has 1 amide bonds. The molecule has 15 heavy (non-hydrogen) atoms. The van der Waals surface area contributed by atoms with Crippen molar-refractivity contribution in [1.82, 2.24) is 5.32 Å². The van der Waals surface area contributed by atoms with Crippen molar-refractivity contribution < 1.29 is 9.53 Å². The zero-order chi connectivity index (χ0) is 10.7. The second-order valence-electron chi connectivity index (χ2n) is 3.65. The standard InChI is InChI=1S/C11H14N2O2/c12-8-1-3-9(4-2-8)15-10-5-6-13-11(14)7-10/h1-4,10H,5-7,12H2,(H,13,14). The number of ether oxygens (including phenoxy) is 1. The van der Waals surface area contributed by atoms with Crippen LogP contribution in [-0.4, -0.2) is 18.6 Å². The van der Waals surface area contributed by atoms with Gasteiger partial charge in [-0.3, -0.25) is 4.79 Å². The SMILES string of the molecule is Nc1ccc(OC2CCNC(=O)C2)cc1. The Morgan fingerprint density at radius 2 is 2.07 bits per heavy atom. The highest BCUT2D eigenvalue weighted by atomic mass is 16.5. The van der Waals surface area contributed by atoms with Crippen LogP contribution in [0.2, 0.25) is 0 Å². The molecule has 2 rings (SSSR count). The van der Waals surface area contributed by atoms with Crippen molar-refractivity contribution >= 4 is 11.6 Å². The van der Waals surface area contributed by atoms with Crippen molar-refractivity contribution in [3.63, 3.8) is 0 Å². The third-order valence-corrected chi connectivity index (χ3v) is 2.38. The summed E-state index contributed by atoms with van der Waals surface area (Å²) in [6.07, 6.45) is 1.28. The average molecular weight is 206 g/mol. The number of nitrogens with two attached hydrogens (primary N) is 1. The van der Waals surface area contributed by atoms with E-state index in [4.69, 9.17) is 10.5 Å². The van der Waals surface area contributed by atoms with Crippen molar-refractivity contribution in [3.8, 4) is 5.75 Å². The van der Waals surface area contributed by atoms with E-state index in [0.29, 0.717) is 18.7 Å². The highest BCUT2D eigenvalue weighted by Gasteiger charge is 2.20. The summed E-state index contributed by atoms with van der Waals surface area (Å²) in [7, 11) is 0. The van der Waals surface area contributed by atoms with Gasteiger partial charge < -0.3 is 15.8 Å². The molecule has 0 aliphatic carbocycles. The van der Waals surface area contributed by atoms with Crippen molar-refractivity contribution in [3.05, 3.63) is 24.3 Å². The van der Waals surface area contributed by atoms with Gasteiger partial charge in [-0.1, -0.05) is 0 Å². The average Bonchev–Trinajstić information content (AvgIpc) is 2.22. The Kier molecular flexibility index (Phi) is 2.76. The molecule has 1 heterocycles. The van der Waals surface area contributed by atoms with Crippen LogP contribution >= 0.6 is 0 Å². The monoisotopic (exact) mass is 206 g/mol. The number of nitrogen functional groups attached to an aromatic ring is 1. The molecule has 0 radical (unpaired) electrons. The largest absolute Gasteiger partial charge is 0.490 e. The molecule has 4 nitrogen and oxygen atoms in total. The summed E-state index contributed by atoms with van der Waals surface area (Å²) in [6, 6.07) is 7.22. The van der Waals surface area contributed by atoms with Crippen LogP contribution in [0.3, 0.4) is 0 Å². The molecule has 1 saturated heterocycles. The lowest BCUT2D eigenvalue weighted by Gasteiger charge is -2.23. The molecular weight excluding hydrogens is 192 g/mol. The van der Waals surface area contributed by atoms with E-state index in [2.05, 4.69) is 5.32 Å². The first-order chi connectivity index (χ1) is 7.24. The second-order valence-corrected chi connectivity index (χ2v) is 3.65. The van der Waals surface area contributed by atoms with Gasteiger partial charge >= 0.3 is 0 Å². The molecule has 3 N–H and O–H groups in total. The number of anilines is 1. The van der Waals surface area contributed by atoms with Gasteiger partial charge in [0.25, 0.3) is 0 Å². The van der Waals surface area contributed by atoms with E-state index in [9.17, 15) is 4.79 Å². The molecule has 0 saturated carbocycles. The number of benzene rings is 1. The minimum atomic E-state index is -0.0117. The number of piperidine rings is 1. The van der Waals surface area contributed by atoms with E-state index in [1.165, 1.54) is 0 Å². The van der Waals surface area contributed by atoms with Crippen molar-refractivity contribution in [2.75, 3.05) is 12.3 Å². The molecule has 1 aromatic carbocycles. The van der Waals surface area contributed by atoms with Gasteiger partial charge in [0, 0.05) is 18.7 Å². The number of carbonyl (C=O) groups is 1. The summed E-state index contributed by atoms with van der Waals surface area (Å²) < 4.78 is 5.66. The third-order valence-electron chi connectivity index (χ3n) is 2.38. The molecule has 1 aliphatic heterocycles. The maximum absolute atomic E-state index is 11.1. The van der Waals surface area contributed by atoms with E-state index in [1.54, 1.807) is 12.1 Å². The lowest BCUT2D eigenvalue weighted by molar-refractivity contribution is -0.124. The molecule has 80 valence electrons. The summed E-state index contributed by atoms with van der Waals surface area (Å²) in [5, 5.41) is 2.77. The van der Waals surface area contributed by atoms with Crippen LogP contribution in [-0.2, 0) is 4.79 Å². The molecule has 1 aromatic rings. The summed E-state index contributed by atoms with van der Waals surface area (Å²) in [5.41, 5.74) is 6.27. The quantitative estimate of drug-likeness (QED) is 0.707. The first kappa shape index (κ1) is 9.83. The predicted octanol–water partition coefficient (Wildman–Crippen LogP) is 0.926. The molecule has 1 atom stereocenters. The smallest absolute Gasteiger partial charge is 0.223 e. The number of hydrogen-bond donors (Lipinski definition) is 2. The van der Waals surface area contributed by atoms with Crippen LogP contribution in [0.4, 0.5) is 5.69 Å². The number of rotatable bonds is 2. The summed E-state index contributed by atoms with van der Waals surface area (Å²) >= 11 is 0. The Hall–Kier alpha value is -1.71. The number of carbonyl (C=O) groups excluding carboxylic acids is 1. The Morgan fingerprint density at radius 1 is 1.33 bits per heavy atom. The third kappa shape index (κ3) is 2.62. The Balaban J connectivity index is 1.96. The van der Waals surface area contributed by atoms with Crippen LogP contribution < -0.4 is 15.8 Å². The molecule has 0 aromatic heterocycles. The first-order valence-electron chi connectivity index (χ1n) is 5.03. The van der Waals surface area contributed by atoms with Crippen molar-refractivity contribution in [1.29, 1.82) is 0 Å². The highest BCUT2D eigenvalue weighted by molar-refractivity contribution is 5.77. The molecule has 1 aliphatic rings. The highest BCUT2D eigenvalue weighted by Crippen LogP contribution is 2.18. The zero-order valence-corrected chi connectivity index (χ0v) is 8.40. The molecule has 1 unspecified atom stereocenters. The van der Waals surface area contributed by atoms with Gasteiger partial charge in [0.2, 0.25) is 5.91 Å². The van der Waals surface area contributed by atoms with Gasteiger partial charge in [-0.05, 0) is 24.3 Å². The number of hydrogen-bond acceptors (Lipinski definition) is 3. The summed E-state index contributed by atoms with van der Waals surface area (Å²) in [4.78, 5) is 11.1. The fourth-order valence-electron chi connectivity index (χ4n) is 1.59. The lowest BCUT2D eigenvalue weighted by Crippen LogP contribution is -2.38. The van der Waals surface area contributed by atoms with Gasteiger partial charge in [-0.25, -0.2) is 0 Å². The van der Waals surface area contributed by atoms with E-state index in [-0.39, 0.29) is 12.0 Å². The van der Waals surface area contributed by atoms with Gasteiger partial charge in [0.15, 0.2) is 0 Å². The summed E-state index contributed by atoms with van der Waals surface area (Å²) in [6.45, 7) is 0.693. The molecule has 4 heteroatoms. The zero-order valence-electron chi connectivity index (χ0n) is 8.40. The van der Waals surface area contributed by atoms with Crippen LogP contribution in [0.15, 0.2) is 24.3 Å². The second kappa shape index (κ2) is 4.21. The van der Waals surface area contributed by atoms with E-state index in [0.717, 1.165) is 12.2 Å². The fourth-order valence-corrected chi connectivity index (χ4v) is 1.59. The molecule has 0 bridgehead atoms. The van der Waals surface area contributed by atoms with Crippen LogP contribution in [0.1, 0.15) is 12.8 Å². The molecule has 0 spiro atoms. The Morgan fingerprint density at radius 3 is 2.73 bits per heavy atom. The maximum Gasteiger partial charge on any atom is 0.223 e. The number of amides is 1. The maximum atomic E-state index is 11.1. The van der Waals surface area contributed by atoms with Gasteiger partial charge in [0.1, 0.15) is 11.9 Å². The van der Waals surface area contributed by atoms with E-state index in [1.807, 2.05) is 12.1 Å². The van der Waals surface area contributed by atoms with Crippen molar-refractivity contribution in [2.24, 2.45) is 0 Å². The fraction of sp³-hybridized carbons (Fsp3) is 0.364. The first-order valence-corrected chi connectivity index (χ1v) is 5.03. The predicted molar refractivity (Wildman–Crippen MR) is 57.5 cm³/mol. The summed E-state index contributed by atoms with van der Waals surface area (Å²) in [5.74, 6) is 0.825. The van der Waals surface area contributed by atoms with Crippen LogP contribution in [0.5, 0.6) is 5.75 Å². The minimum Gasteiger partial charge on any atom is -0.490 e. The van der Waals surface area contributed by atoms with Gasteiger partial charge in [0.05, 0.1) is 6.42 Å². The van der Waals surface area contributed by atoms with E-state index >= 15 is 0 Å². The van der Waals surface area contributed by atoms with E-state index < -0.39 is 0 Å².